The number of fused-ring (bicyclic) bond motifs is 4. The zero-order chi connectivity index (χ0) is 12.9. The second kappa shape index (κ2) is 4.09. The molecule has 0 radical (unpaired) electrons. The number of benzene rings is 1. The van der Waals surface area contributed by atoms with E-state index >= 15 is 0 Å². The van der Waals surface area contributed by atoms with Crippen LogP contribution in [0, 0.1) is 6.92 Å². The lowest BCUT2D eigenvalue weighted by atomic mass is 9.81. The standard InChI is InChI=1S/C16H20N2O/c1-11-2-3-12-13-4-7-17-16(5-8-19-9-6-16)15(13)18-14(12)10-11/h2-3,10,17-18H,4-9H2,1H3. The summed E-state index contributed by atoms with van der Waals surface area (Å²) < 4.78 is 5.55. The maximum absolute atomic E-state index is 5.55. The van der Waals surface area contributed by atoms with Gasteiger partial charge >= 0.3 is 0 Å². The molecule has 19 heavy (non-hydrogen) atoms. The molecule has 1 aromatic heterocycles. The number of aryl methyl sites for hydroxylation is 1. The molecule has 4 rings (SSSR count). The molecule has 1 aromatic carbocycles. The highest BCUT2D eigenvalue weighted by atomic mass is 16.5. The van der Waals surface area contributed by atoms with Crippen LogP contribution >= 0.6 is 0 Å². The normalized spacial score (nSPS) is 21.7. The van der Waals surface area contributed by atoms with E-state index in [2.05, 4.69) is 35.4 Å². The molecule has 0 amide bonds. The van der Waals surface area contributed by atoms with E-state index in [-0.39, 0.29) is 5.54 Å². The minimum Gasteiger partial charge on any atom is -0.381 e. The summed E-state index contributed by atoms with van der Waals surface area (Å²) >= 11 is 0. The Balaban J connectivity index is 1.92. The van der Waals surface area contributed by atoms with Crippen LogP contribution in [0.5, 0.6) is 0 Å². The molecule has 1 saturated heterocycles. The molecule has 2 aliphatic rings. The van der Waals surface area contributed by atoms with E-state index in [0.29, 0.717) is 0 Å². The number of aromatic amines is 1. The van der Waals surface area contributed by atoms with Gasteiger partial charge in [-0.25, -0.2) is 0 Å². The summed E-state index contributed by atoms with van der Waals surface area (Å²) in [5.74, 6) is 0. The molecule has 100 valence electrons. The number of nitrogens with one attached hydrogen (secondary N) is 2. The van der Waals surface area contributed by atoms with Crippen LogP contribution in [0.1, 0.15) is 29.7 Å². The molecule has 2 N–H and O–H groups in total. The zero-order valence-electron chi connectivity index (χ0n) is 11.4. The van der Waals surface area contributed by atoms with Crippen molar-refractivity contribution >= 4 is 10.9 Å². The molecule has 2 aliphatic heterocycles. The third-order valence-electron chi connectivity index (χ3n) is 4.72. The molecule has 1 spiro atoms. The SMILES string of the molecule is Cc1ccc2c3c([nH]c2c1)C1(CCOCC1)NCC3. The van der Waals surface area contributed by atoms with Crippen LogP contribution in [0.2, 0.25) is 0 Å². The summed E-state index contributed by atoms with van der Waals surface area (Å²) in [5.41, 5.74) is 5.68. The molecule has 3 heterocycles. The minimum atomic E-state index is 0.124. The summed E-state index contributed by atoms with van der Waals surface area (Å²) in [5, 5.41) is 5.17. The highest BCUT2D eigenvalue weighted by Crippen LogP contribution is 2.39. The summed E-state index contributed by atoms with van der Waals surface area (Å²) in [6, 6.07) is 6.76. The highest BCUT2D eigenvalue weighted by molar-refractivity contribution is 5.86. The van der Waals surface area contributed by atoms with Crippen molar-refractivity contribution in [3.8, 4) is 0 Å². The van der Waals surface area contributed by atoms with Gasteiger partial charge in [0.1, 0.15) is 0 Å². The van der Waals surface area contributed by atoms with Gasteiger partial charge in [0, 0.05) is 36.4 Å². The average Bonchev–Trinajstić information content (AvgIpc) is 2.79. The fourth-order valence-corrected chi connectivity index (χ4v) is 3.70. The Morgan fingerprint density at radius 3 is 2.89 bits per heavy atom. The van der Waals surface area contributed by atoms with Gasteiger partial charge in [-0.05, 0) is 43.4 Å². The van der Waals surface area contributed by atoms with Crippen LogP contribution in [0.15, 0.2) is 18.2 Å². The Morgan fingerprint density at radius 1 is 1.21 bits per heavy atom. The van der Waals surface area contributed by atoms with Crippen LogP contribution in [-0.4, -0.2) is 24.7 Å². The summed E-state index contributed by atoms with van der Waals surface area (Å²) in [6.45, 7) is 4.96. The number of H-pyrrole nitrogens is 1. The first-order chi connectivity index (χ1) is 9.28. The topological polar surface area (TPSA) is 37.0 Å². The van der Waals surface area contributed by atoms with Crippen molar-refractivity contribution in [3.63, 3.8) is 0 Å². The largest absolute Gasteiger partial charge is 0.381 e. The van der Waals surface area contributed by atoms with E-state index in [1.807, 2.05) is 0 Å². The van der Waals surface area contributed by atoms with Crippen LogP contribution in [0.25, 0.3) is 10.9 Å². The van der Waals surface area contributed by atoms with Crippen molar-refractivity contribution in [2.24, 2.45) is 0 Å². The van der Waals surface area contributed by atoms with Gasteiger partial charge in [0.25, 0.3) is 0 Å². The van der Waals surface area contributed by atoms with Crippen LogP contribution in [0.4, 0.5) is 0 Å². The van der Waals surface area contributed by atoms with Crippen molar-refractivity contribution in [2.45, 2.75) is 31.7 Å². The summed E-state index contributed by atoms with van der Waals surface area (Å²) in [6.07, 6.45) is 3.28. The smallest absolute Gasteiger partial charge is 0.0633 e. The third kappa shape index (κ3) is 1.65. The van der Waals surface area contributed by atoms with Gasteiger partial charge in [0.15, 0.2) is 0 Å². The lowest BCUT2D eigenvalue weighted by Gasteiger charge is -2.41. The van der Waals surface area contributed by atoms with Gasteiger partial charge in [-0.3, -0.25) is 0 Å². The second-order valence-electron chi connectivity index (χ2n) is 5.90. The quantitative estimate of drug-likeness (QED) is 0.760. The summed E-state index contributed by atoms with van der Waals surface area (Å²) in [7, 11) is 0. The fourth-order valence-electron chi connectivity index (χ4n) is 3.70. The first-order valence-corrected chi connectivity index (χ1v) is 7.23. The van der Waals surface area contributed by atoms with Crippen molar-refractivity contribution in [1.82, 2.24) is 10.3 Å². The van der Waals surface area contributed by atoms with Gasteiger partial charge in [-0.2, -0.15) is 0 Å². The molecule has 0 aliphatic carbocycles. The Kier molecular flexibility index (Phi) is 2.47. The summed E-state index contributed by atoms with van der Waals surface area (Å²) in [4.78, 5) is 3.70. The molecule has 3 nitrogen and oxygen atoms in total. The van der Waals surface area contributed by atoms with Gasteiger partial charge < -0.3 is 15.0 Å². The number of hydrogen-bond donors (Lipinski definition) is 2. The lowest BCUT2D eigenvalue weighted by Crippen LogP contribution is -2.50. The van der Waals surface area contributed by atoms with E-state index in [1.165, 1.54) is 27.7 Å². The predicted octanol–water partition coefficient (Wildman–Crippen LogP) is 2.63. The number of aromatic nitrogens is 1. The third-order valence-corrected chi connectivity index (χ3v) is 4.72. The molecule has 0 bridgehead atoms. The van der Waals surface area contributed by atoms with Crippen LogP contribution in [0.3, 0.4) is 0 Å². The van der Waals surface area contributed by atoms with E-state index in [1.54, 1.807) is 0 Å². The Bertz CT molecular complexity index is 623. The zero-order valence-corrected chi connectivity index (χ0v) is 11.4. The first kappa shape index (κ1) is 11.5. The van der Waals surface area contributed by atoms with Crippen LogP contribution < -0.4 is 5.32 Å². The van der Waals surface area contributed by atoms with Gasteiger partial charge in [0.2, 0.25) is 0 Å². The molecule has 0 unspecified atom stereocenters. The molecule has 0 atom stereocenters. The molecular weight excluding hydrogens is 236 g/mol. The molecule has 3 heteroatoms. The van der Waals surface area contributed by atoms with E-state index in [4.69, 9.17) is 4.74 Å². The van der Waals surface area contributed by atoms with Crippen molar-refractivity contribution in [2.75, 3.05) is 19.8 Å². The highest BCUT2D eigenvalue weighted by Gasteiger charge is 2.39. The minimum absolute atomic E-state index is 0.124. The molecule has 1 fully saturated rings. The van der Waals surface area contributed by atoms with Crippen LogP contribution in [-0.2, 0) is 16.7 Å². The van der Waals surface area contributed by atoms with Crippen molar-refractivity contribution in [1.29, 1.82) is 0 Å². The molecular formula is C16H20N2O. The Hall–Kier alpha value is -1.32. The molecule has 2 aromatic rings. The van der Waals surface area contributed by atoms with Gasteiger partial charge in [0.05, 0.1) is 5.54 Å². The van der Waals surface area contributed by atoms with Crippen molar-refractivity contribution in [3.05, 3.63) is 35.0 Å². The fraction of sp³-hybridized carbons (Fsp3) is 0.500. The Morgan fingerprint density at radius 2 is 2.05 bits per heavy atom. The van der Waals surface area contributed by atoms with Crippen molar-refractivity contribution < 1.29 is 4.74 Å². The predicted molar refractivity (Wildman–Crippen MR) is 76.5 cm³/mol. The first-order valence-electron chi connectivity index (χ1n) is 7.23. The van der Waals surface area contributed by atoms with Gasteiger partial charge in [-0.1, -0.05) is 12.1 Å². The number of hydrogen-bond acceptors (Lipinski definition) is 2. The maximum atomic E-state index is 5.55. The Labute approximate surface area is 113 Å². The molecule has 0 saturated carbocycles. The number of ether oxygens (including phenoxy) is 1. The lowest BCUT2D eigenvalue weighted by molar-refractivity contribution is 0.0327. The van der Waals surface area contributed by atoms with E-state index in [0.717, 1.165) is 39.0 Å². The number of rotatable bonds is 0. The maximum Gasteiger partial charge on any atom is 0.0633 e. The second-order valence-corrected chi connectivity index (χ2v) is 5.90. The van der Waals surface area contributed by atoms with E-state index in [9.17, 15) is 0 Å². The average molecular weight is 256 g/mol. The van der Waals surface area contributed by atoms with E-state index < -0.39 is 0 Å². The van der Waals surface area contributed by atoms with Gasteiger partial charge in [-0.15, -0.1) is 0 Å². The monoisotopic (exact) mass is 256 g/mol.